The van der Waals surface area contributed by atoms with Crippen LogP contribution in [0.25, 0.3) is 0 Å². The van der Waals surface area contributed by atoms with Gasteiger partial charge < -0.3 is 10.0 Å². The summed E-state index contributed by atoms with van der Waals surface area (Å²) < 4.78 is 0. The summed E-state index contributed by atoms with van der Waals surface area (Å²) in [6.07, 6.45) is 0. The van der Waals surface area contributed by atoms with Crippen molar-refractivity contribution in [2.75, 3.05) is 11.4 Å². The van der Waals surface area contributed by atoms with Gasteiger partial charge in [-0.2, -0.15) is 0 Å². The van der Waals surface area contributed by atoms with E-state index in [0.717, 1.165) is 16.9 Å². The molecule has 0 aliphatic carbocycles. The van der Waals surface area contributed by atoms with Crippen molar-refractivity contribution in [3.63, 3.8) is 0 Å². The van der Waals surface area contributed by atoms with Crippen molar-refractivity contribution in [1.29, 1.82) is 0 Å². The van der Waals surface area contributed by atoms with Gasteiger partial charge in [-0.05, 0) is 45.0 Å². The molecule has 2 aromatic rings. The minimum absolute atomic E-state index is 0.340. The maximum atomic E-state index is 11.5. The fraction of sp³-hybridized carbons (Fsp3) is 0.235. The van der Waals surface area contributed by atoms with Gasteiger partial charge >= 0.3 is 5.97 Å². The lowest BCUT2D eigenvalue weighted by atomic mass is 10.1. The van der Waals surface area contributed by atoms with Crippen LogP contribution >= 0.6 is 0 Å². The third-order valence-corrected chi connectivity index (χ3v) is 3.34. The van der Waals surface area contributed by atoms with Crippen molar-refractivity contribution >= 4 is 17.3 Å². The first kappa shape index (κ1) is 14.1. The minimum Gasteiger partial charge on any atom is -0.478 e. The highest BCUT2D eigenvalue weighted by Gasteiger charge is 2.16. The van der Waals surface area contributed by atoms with Gasteiger partial charge in [-0.3, -0.25) is 0 Å². The van der Waals surface area contributed by atoms with Crippen molar-refractivity contribution in [2.24, 2.45) is 0 Å². The van der Waals surface area contributed by atoms with Gasteiger partial charge in [0, 0.05) is 12.2 Å². The Morgan fingerprint density at radius 3 is 2.20 bits per heavy atom. The van der Waals surface area contributed by atoms with Crippen molar-refractivity contribution < 1.29 is 9.90 Å². The molecule has 1 N–H and O–H groups in total. The zero-order valence-corrected chi connectivity index (χ0v) is 12.1. The molecule has 0 saturated heterocycles. The lowest BCUT2D eigenvalue weighted by molar-refractivity contribution is 0.0697. The van der Waals surface area contributed by atoms with Crippen molar-refractivity contribution in [1.82, 2.24) is 0 Å². The predicted molar refractivity (Wildman–Crippen MR) is 82.0 cm³/mol. The molecular formula is C17H19NO2. The summed E-state index contributed by atoms with van der Waals surface area (Å²) in [5, 5.41) is 9.40. The van der Waals surface area contributed by atoms with Crippen LogP contribution in [0.4, 0.5) is 11.4 Å². The Hall–Kier alpha value is -2.29. The monoisotopic (exact) mass is 269 g/mol. The van der Waals surface area contributed by atoms with Crippen LogP contribution in [0.1, 0.15) is 28.4 Å². The van der Waals surface area contributed by atoms with E-state index < -0.39 is 5.97 Å². The van der Waals surface area contributed by atoms with Crippen LogP contribution in [0, 0.1) is 13.8 Å². The smallest absolute Gasteiger partial charge is 0.337 e. The van der Waals surface area contributed by atoms with E-state index in [1.165, 1.54) is 5.56 Å². The molecule has 0 heterocycles. The Morgan fingerprint density at radius 1 is 1.05 bits per heavy atom. The van der Waals surface area contributed by atoms with E-state index in [-0.39, 0.29) is 0 Å². The van der Waals surface area contributed by atoms with Gasteiger partial charge in [0.25, 0.3) is 0 Å². The minimum atomic E-state index is -0.894. The van der Waals surface area contributed by atoms with Gasteiger partial charge in [-0.1, -0.05) is 29.3 Å². The van der Waals surface area contributed by atoms with Gasteiger partial charge in [0.15, 0.2) is 0 Å². The van der Waals surface area contributed by atoms with E-state index >= 15 is 0 Å². The van der Waals surface area contributed by atoms with E-state index in [1.807, 2.05) is 62.1 Å². The number of anilines is 2. The third kappa shape index (κ3) is 2.82. The Balaban J connectivity index is 2.51. The Bertz CT molecular complexity index is 617. The van der Waals surface area contributed by atoms with Crippen LogP contribution in [0.5, 0.6) is 0 Å². The first-order chi connectivity index (χ1) is 9.52. The summed E-state index contributed by atoms with van der Waals surface area (Å²) in [6, 6.07) is 13.6. The van der Waals surface area contributed by atoms with Crippen LogP contribution in [0.3, 0.4) is 0 Å². The fourth-order valence-electron chi connectivity index (χ4n) is 2.27. The van der Waals surface area contributed by atoms with Crippen LogP contribution in [-0.2, 0) is 0 Å². The number of hydrogen-bond donors (Lipinski definition) is 1. The van der Waals surface area contributed by atoms with Crippen LogP contribution < -0.4 is 4.90 Å². The van der Waals surface area contributed by atoms with E-state index in [9.17, 15) is 9.90 Å². The average Bonchev–Trinajstić information content (AvgIpc) is 2.43. The van der Waals surface area contributed by atoms with Crippen LogP contribution in [0.2, 0.25) is 0 Å². The fourth-order valence-corrected chi connectivity index (χ4v) is 2.27. The van der Waals surface area contributed by atoms with E-state index in [2.05, 4.69) is 0 Å². The number of carboxylic acids is 1. The van der Waals surface area contributed by atoms with Crippen molar-refractivity contribution in [3.8, 4) is 0 Å². The molecule has 104 valence electrons. The number of benzene rings is 2. The predicted octanol–water partition coefficient (Wildman–Crippen LogP) is 4.16. The average molecular weight is 269 g/mol. The lowest BCUT2D eigenvalue weighted by Gasteiger charge is -2.25. The highest BCUT2D eigenvalue weighted by atomic mass is 16.4. The molecule has 20 heavy (non-hydrogen) atoms. The normalized spacial score (nSPS) is 10.3. The highest BCUT2D eigenvalue weighted by Crippen LogP contribution is 2.29. The molecule has 0 aliphatic rings. The number of rotatable bonds is 4. The van der Waals surface area contributed by atoms with Gasteiger partial charge in [0.2, 0.25) is 0 Å². The number of hydrogen-bond acceptors (Lipinski definition) is 2. The van der Waals surface area contributed by atoms with Crippen molar-refractivity contribution in [2.45, 2.75) is 20.8 Å². The molecule has 0 spiro atoms. The largest absolute Gasteiger partial charge is 0.478 e. The first-order valence-electron chi connectivity index (χ1n) is 6.71. The molecule has 3 heteroatoms. The number of aryl methyl sites for hydroxylation is 2. The molecule has 0 radical (unpaired) electrons. The summed E-state index contributed by atoms with van der Waals surface area (Å²) in [6.45, 7) is 6.67. The first-order valence-corrected chi connectivity index (χ1v) is 6.71. The second-order valence-electron chi connectivity index (χ2n) is 4.91. The lowest BCUT2D eigenvalue weighted by Crippen LogP contribution is -2.19. The van der Waals surface area contributed by atoms with E-state index in [4.69, 9.17) is 0 Å². The maximum Gasteiger partial charge on any atom is 0.337 e. The van der Waals surface area contributed by atoms with E-state index in [0.29, 0.717) is 12.1 Å². The van der Waals surface area contributed by atoms with Crippen LogP contribution in [-0.4, -0.2) is 17.6 Å². The number of carboxylic acid groups (broad SMARTS) is 1. The molecule has 2 rings (SSSR count). The van der Waals surface area contributed by atoms with E-state index in [1.54, 1.807) is 6.07 Å². The highest BCUT2D eigenvalue weighted by molar-refractivity contribution is 5.95. The summed E-state index contributed by atoms with van der Waals surface area (Å²) in [7, 11) is 0. The standard InChI is InChI=1S/C17H19NO2/c1-4-18(14-8-5-12(2)6-9-14)16-10-7-13(3)11-15(16)17(19)20/h5-11H,4H2,1-3H3,(H,19,20). The molecule has 0 saturated carbocycles. The third-order valence-electron chi connectivity index (χ3n) is 3.34. The zero-order valence-electron chi connectivity index (χ0n) is 12.1. The SMILES string of the molecule is CCN(c1ccc(C)cc1)c1ccc(C)cc1C(=O)O. The molecule has 0 bridgehead atoms. The molecular weight excluding hydrogens is 250 g/mol. The molecule has 2 aromatic carbocycles. The number of aromatic carboxylic acids is 1. The molecule has 0 amide bonds. The molecule has 0 fully saturated rings. The Kier molecular flexibility index (Phi) is 4.08. The molecule has 0 aromatic heterocycles. The summed E-state index contributed by atoms with van der Waals surface area (Å²) in [4.78, 5) is 13.5. The Morgan fingerprint density at radius 2 is 1.65 bits per heavy atom. The summed E-state index contributed by atoms with van der Waals surface area (Å²) >= 11 is 0. The maximum absolute atomic E-state index is 11.5. The number of nitrogens with zero attached hydrogens (tertiary/aromatic N) is 1. The summed E-state index contributed by atoms with van der Waals surface area (Å²) in [5.41, 5.74) is 4.21. The molecule has 0 unspecified atom stereocenters. The summed E-state index contributed by atoms with van der Waals surface area (Å²) in [5.74, 6) is -0.894. The topological polar surface area (TPSA) is 40.5 Å². The zero-order chi connectivity index (χ0) is 14.7. The van der Waals surface area contributed by atoms with Gasteiger partial charge in [0.05, 0.1) is 11.3 Å². The second-order valence-corrected chi connectivity index (χ2v) is 4.91. The van der Waals surface area contributed by atoms with Crippen molar-refractivity contribution in [3.05, 3.63) is 59.2 Å². The van der Waals surface area contributed by atoms with Gasteiger partial charge in [-0.15, -0.1) is 0 Å². The molecule has 0 aliphatic heterocycles. The molecule has 0 atom stereocenters. The van der Waals surface area contributed by atoms with Gasteiger partial charge in [0.1, 0.15) is 0 Å². The van der Waals surface area contributed by atoms with Gasteiger partial charge in [-0.25, -0.2) is 4.79 Å². The Labute approximate surface area is 119 Å². The number of carbonyl (C=O) groups is 1. The molecule has 3 nitrogen and oxygen atoms in total. The quantitative estimate of drug-likeness (QED) is 0.906. The second kappa shape index (κ2) is 5.78. The van der Waals surface area contributed by atoms with Crippen LogP contribution in [0.15, 0.2) is 42.5 Å².